The Labute approximate surface area is 93.6 Å². The molecule has 0 saturated carbocycles. The van der Waals surface area contributed by atoms with Crippen LogP contribution in [0.5, 0.6) is 0 Å². The number of aromatic nitrogens is 2. The summed E-state index contributed by atoms with van der Waals surface area (Å²) in [7, 11) is 3.73. The van der Waals surface area contributed by atoms with E-state index in [2.05, 4.69) is 21.0 Å². The maximum atomic E-state index is 11.1. The zero-order valence-corrected chi connectivity index (χ0v) is 10.3. The summed E-state index contributed by atoms with van der Waals surface area (Å²) in [5.74, 6) is 1.32. The largest absolute Gasteiger partial charge is 0.546 e. The van der Waals surface area contributed by atoms with Gasteiger partial charge in [-0.15, -0.1) is 0 Å². The molecule has 1 rings (SSSR count). The zero-order valence-electron chi connectivity index (χ0n) is 9.49. The van der Waals surface area contributed by atoms with Gasteiger partial charge in [0.2, 0.25) is 11.6 Å². The minimum absolute atomic E-state index is 0.648. The maximum Gasteiger partial charge on any atom is 0.234 e. The van der Waals surface area contributed by atoms with E-state index in [9.17, 15) is 4.55 Å². The maximum absolute atomic E-state index is 11.1. The lowest BCUT2D eigenvalue weighted by atomic mass is 10.2. The van der Waals surface area contributed by atoms with Crippen molar-refractivity contribution in [2.24, 2.45) is 0 Å². The van der Waals surface area contributed by atoms with Gasteiger partial charge < -0.3 is 14.8 Å². The van der Waals surface area contributed by atoms with Crippen LogP contribution < -0.4 is 10.2 Å². The molecular formula is C9H18N4OS. The summed E-state index contributed by atoms with van der Waals surface area (Å²) in [5, 5.41) is 3.16. The Morgan fingerprint density at radius 2 is 2.07 bits per heavy atom. The first-order chi connectivity index (χ1) is 7.15. The fraction of sp³-hybridized carbons (Fsp3) is 0.778. The van der Waals surface area contributed by atoms with Crippen LogP contribution in [0.15, 0.2) is 0 Å². The van der Waals surface area contributed by atoms with Crippen LogP contribution in [0.2, 0.25) is 0 Å². The Morgan fingerprint density at radius 3 is 2.67 bits per heavy atom. The van der Waals surface area contributed by atoms with Crippen LogP contribution in [0.4, 0.5) is 11.6 Å². The number of nitrogens with zero attached hydrogens (tertiary/aromatic N) is 3. The highest BCUT2D eigenvalue weighted by molar-refractivity contribution is 7.14. The number of rotatable bonds is 6. The lowest BCUT2D eigenvalue weighted by Crippen LogP contribution is -2.12. The summed E-state index contributed by atoms with van der Waals surface area (Å²) in [4.78, 5) is 1.82. The molecule has 6 heteroatoms. The second-order valence-corrected chi connectivity index (χ2v) is 4.44. The molecule has 0 radical (unpaired) electrons. The fourth-order valence-corrected chi connectivity index (χ4v) is 1.98. The highest BCUT2D eigenvalue weighted by Gasteiger charge is 2.16. The Morgan fingerprint density at radius 1 is 1.33 bits per heavy atom. The molecule has 1 unspecified atom stereocenters. The highest BCUT2D eigenvalue weighted by atomic mass is 32.2. The molecule has 1 N–H and O–H groups in total. The van der Waals surface area contributed by atoms with E-state index < -0.39 is 11.1 Å². The predicted molar refractivity (Wildman–Crippen MR) is 63.0 cm³/mol. The normalized spacial score (nSPS) is 11.6. The summed E-state index contributed by atoms with van der Waals surface area (Å²) in [6, 6.07) is 0. The Hall–Kier alpha value is -0.880. The van der Waals surface area contributed by atoms with Gasteiger partial charge in [0.1, 0.15) is 0 Å². The quantitative estimate of drug-likeness (QED) is 0.597. The van der Waals surface area contributed by atoms with Gasteiger partial charge in [-0.25, -0.2) is 0 Å². The monoisotopic (exact) mass is 230 g/mol. The number of hydrogen-bond donors (Lipinski definition) is 1. The smallest absolute Gasteiger partial charge is 0.234 e. The van der Waals surface area contributed by atoms with E-state index in [4.69, 9.17) is 0 Å². The molecule has 0 fully saturated rings. The lowest BCUT2D eigenvalue weighted by Gasteiger charge is -2.08. The van der Waals surface area contributed by atoms with E-state index in [-0.39, 0.29) is 0 Å². The average molecular weight is 230 g/mol. The molecule has 0 aromatic carbocycles. The van der Waals surface area contributed by atoms with Crippen molar-refractivity contribution in [1.82, 2.24) is 8.75 Å². The van der Waals surface area contributed by atoms with Gasteiger partial charge in [-0.2, -0.15) is 0 Å². The molecule has 5 nitrogen and oxygen atoms in total. The van der Waals surface area contributed by atoms with Crippen LogP contribution in [0.25, 0.3) is 0 Å². The standard InChI is InChI=1S/C9H18N4OS/c1-4-5-6-7-10-8-9(13(2)3)12-15(14)11-8/h4-7H2,1-3H3,(H,10,11). The van der Waals surface area contributed by atoms with Crippen molar-refractivity contribution in [1.29, 1.82) is 0 Å². The zero-order chi connectivity index (χ0) is 11.3. The van der Waals surface area contributed by atoms with Crippen molar-refractivity contribution < 1.29 is 4.55 Å². The molecule has 86 valence electrons. The first kappa shape index (κ1) is 12.2. The van der Waals surface area contributed by atoms with E-state index in [0.717, 1.165) is 13.0 Å². The van der Waals surface area contributed by atoms with E-state index >= 15 is 0 Å². The van der Waals surface area contributed by atoms with Crippen molar-refractivity contribution in [3.63, 3.8) is 0 Å². The second kappa shape index (κ2) is 5.87. The third-order valence-electron chi connectivity index (χ3n) is 2.04. The van der Waals surface area contributed by atoms with Crippen LogP contribution in [0.3, 0.4) is 0 Å². The molecule has 0 amide bonds. The van der Waals surface area contributed by atoms with Crippen molar-refractivity contribution in [3.05, 3.63) is 0 Å². The number of unbranched alkanes of at least 4 members (excludes halogenated alkanes) is 2. The van der Waals surface area contributed by atoms with Crippen LogP contribution in [-0.4, -0.2) is 33.9 Å². The topological polar surface area (TPSA) is 64.1 Å². The summed E-state index contributed by atoms with van der Waals surface area (Å²) >= 11 is -1.44. The molecule has 0 saturated heterocycles. The van der Waals surface area contributed by atoms with Crippen molar-refractivity contribution >= 4 is 22.8 Å². The second-order valence-electron chi connectivity index (χ2n) is 3.61. The molecule has 1 aromatic heterocycles. The van der Waals surface area contributed by atoms with Gasteiger partial charge in [-0.3, -0.25) is 0 Å². The van der Waals surface area contributed by atoms with Crippen LogP contribution in [0, 0.1) is 0 Å². The van der Waals surface area contributed by atoms with E-state index in [1.165, 1.54) is 12.8 Å². The molecule has 0 aliphatic rings. The van der Waals surface area contributed by atoms with Crippen molar-refractivity contribution in [2.45, 2.75) is 26.2 Å². The molecule has 1 aromatic rings. The molecule has 0 spiro atoms. The number of hydrogen-bond acceptors (Lipinski definition) is 5. The minimum atomic E-state index is -1.44. The Balaban J connectivity index is 2.52. The molecule has 0 aliphatic heterocycles. The van der Waals surface area contributed by atoms with Gasteiger partial charge in [0, 0.05) is 29.4 Å². The molecule has 1 atom stereocenters. The predicted octanol–water partition coefficient (Wildman–Crippen LogP) is 1.87. The highest BCUT2D eigenvalue weighted by Crippen LogP contribution is 2.24. The first-order valence-corrected chi connectivity index (χ1v) is 6.22. The minimum Gasteiger partial charge on any atom is -0.546 e. The summed E-state index contributed by atoms with van der Waals surface area (Å²) in [5.41, 5.74) is 0. The van der Waals surface area contributed by atoms with Crippen LogP contribution >= 0.6 is 11.1 Å². The molecule has 15 heavy (non-hydrogen) atoms. The lowest BCUT2D eigenvalue weighted by molar-refractivity contribution is 0.585. The van der Waals surface area contributed by atoms with E-state index in [1.807, 2.05) is 19.0 Å². The summed E-state index contributed by atoms with van der Waals surface area (Å²) in [6.07, 6.45) is 3.48. The van der Waals surface area contributed by atoms with Gasteiger partial charge in [0.25, 0.3) is 0 Å². The fourth-order valence-electron chi connectivity index (χ4n) is 1.24. The average Bonchev–Trinajstić information content (AvgIpc) is 2.55. The summed E-state index contributed by atoms with van der Waals surface area (Å²) < 4.78 is 19.0. The first-order valence-electron chi connectivity index (χ1n) is 5.16. The van der Waals surface area contributed by atoms with Crippen LogP contribution in [0.1, 0.15) is 26.2 Å². The third-order valence-corrected chi connectivity index (χ3v) is 2.71. The van der Waals surface area contributed by atoms with Gasteiger partial charge in [-0.05, 0) is 6.42 Å². The van der Waals surface area contributed by atoms with Crippen molar-refractivity contribution in [3.8, 4) is 0 Å². The van der Waals surface area contributed by atoms with Gasteiger partial charge in [-0.1, -0.05) is 19.8 Å². The SMILES string of the molecule is CCCCCNc1n[s+]([O-])nc1N(C)C. The third kappa shape index (κ3) is 3.64. The Kier molecular flexibility index (Phi) is 4.77. The summed E-state index contributed by atoms with van der Waals surface area (Å²) in [6.45, 7) is 3.02. The molecule has 0 bridgehead atoms. The Bertz CT molecular complexity index is 300. The number of anilines is 2. The van der Waals surface area contributed by atoms with E-state index in [0.29, 0.717) is 11.6 Å². The van der Waals surface area contributed by atoms with Crippen molar-refractivity contribution in [2.75, 3.05) is 30.9 Å². The molecular weight excluding hydrogens is 212 g/mol. The van der Waals surface area contributed by atoms with Gasteiger partial charge in [0.05, 0.1) is 0 Å². The molecule has 1 heterocycles. The van der Waals surface area contributed by atoms with Gasteiger partial charge >= 0.3 is 0 Å². The number of nitrogens with one attached hydrogen (secondary N) is 1. The van der Waals surface area contributed by atoms with Gasteiger partial charge in [0.15, 0.2) is 11.1 Å². The molecule has 0 aliphatic carbocycles. The van der Waals surface area contributed by atoms with E-state index in [1.54, 1.807) is 0 Å². The van der Waals surface area contributed by atoms with Crippen LogP contribution in [-0.2, 0) is 0 Å².